The van der Waals surface area contributed by atoms with Gasteiger partial charge < -0.3 is 5.32 Å². The lowest BCUT2D eigenvalue weighted by Crippen LogP contribution is -2.47. The number of nitrogens with one attached hydrogen (secondary N) is 2. The Bertz CT molecular complexity index is 517. The van der Waals surface area contributed by atoms with E-state index in [9.17, 15) is 14.0 Å². The molecule has 0 aromatic carbocycles. The first kappa shape index (κ1) is 13.5. The highest BCUT2D eigenvalue weighted by atomic mass is 19.1. The van der Waals surface area contributed by atoms with E-state index in [1.807, 2.05) is 13.8 Å². The fraction of sp³-hybridized carbons (Fsp3) is 0.462. The van der Waals surface area contributed by atoms with E-state index in [0.717, 1.165) is 0 Å². The molecule has 0 saturated carbocycles. The third-order valence-corrected chi connectivity index (χ3v) is 3.03. The van der Waals surface area contributed by atoms with Crippen LogP contribution in [0.4, 0.5) is 10.1 Å². The predicted molar refractivity (Wildman–Crippen MR) is 68.1 cm³/mol. The lowest BCUT2D eigenvalue weighted by molar-refractivity contribution is -0.133. The molecule has 1 atom stereocenters. The van der Waals surface area contributed by atoms with E-state index in [1.54, 1.807) is 12.1 Å². The lowest BCUT2D eigenvalue weighted by Gasteiger charge is -2.23. The Hall–Kier alpha value is -1.98. The Balaban J connectivity index is 2.11. The van der Waals surface area contributed by atoms with Crippen molar-refractivity contribution < 1.29 is 14.0 Å². The van der Waals surface area contributed by atoms with Gasteiger partial charge in [0, 0.05) is 12.1 Å². The molecule has 2 N–H and O–H groups in total. The van der Waals surface area contributed by atoms with Crippen molar-refractivity contribution in [1.29, 1.82) is 0 Å². The predicted octanol–water partition coefficient (Wildman–Crippen LogP) is 1.56. The minimum absolute atomic E-state index is 0.138. The van der Waals surface area contributed by atoms with Gasteiger partial charge in [0.05, 0.1) is 5.69 Å². The zero-order chi connectivity index (χ0) is 14.0. The van der Waals surface area contributed by atoms with E-state index in [4.69, 9.17) is 0 Å². The van der Waals surface area contributed by atoms with Gasteiger partial charge in [0.25, 0.3) is 0 Å². The van der Waals surface area contributed by atoms with Crippen LogP contribution in [-0.4, -0.2) is 22.8 Å². The van der Waals surface area contributed by atoms with E-state index >= 15 is 0 Å². The Morgan fingerprint density at radius 1 is 1.42 bits per heavy atom. The first-order valence-corrected chi connectivity index (χ1v) is 6.24. The molecule has 1 saturated heterocycles. The van der Waals surface area contributed by atoms with Crippen molar-refractivity contribution in [3.8, 4) is 0 Å². The van der Waals surface area contributed by atoms with E-state index in [0.29, 0.717) is 12.1 Å². The molecule has 1 fully saturated rings. The molecule has 6 heteroatoms. The van der Waals surface area contributed by atoms with Crippen molar-refractivity contribution in [3.05, 3.63) is 23.8 Å². The number of anilines is 1. The van der Waals surface area contributed by atoms with Crippen molar-refractivity contribution in [3.63, 3.8) is 0 Å². The van der Waals surface area contributed by atoms with E-state index in [2.05, 4.69) is 15.6 Å². The van der Waals surface area contributed by atoms with Gasteiger partial charge >= 0.3 is 0 Å². The number of imide groups is 1. The van der Waals surface area contributed by atoms with E-state index in [1.165, 1.54) is 0 Å². The van der Waals surface area contributed by atoms with Crippen molar-refractivity contribution in [2.24, 2.45) is 0 Å². The number of carbonyl (C=O) groups excluding carboxylic acids is 2. The summed E-state index contributed by atoms with van der Waals surface area (Å²) in [4.78, 5) is 26.4. The van der Waals surface area contributed by atoms with Crippen LogP contribution in [0.1, 0.15) is 38.3 Å². The molecule has 2 heterocycles. The second-order valence-corrected chi connectivity index (χ2v) is 4.88. The summed E-state index contributed by atoms with van der Waals surface area (Å²) in [6.45, 7) is 3.85. The number of amides is 2. The number of rotatable bonds is 3. The fourth-order valence-electron chi connectivity index (χ4n) is 1.90. The highest BCUT2D eigenvalue weighted by molar-refractivity contribution is 6.01. The minimum atomic E-state index is -0.629. The summed E-state index contributed by atoms with van der Waals surface area (Å²) in [5.74, 6) is -1.21. The average Bonchev–Trinajstić information content (AvgIpc) is 2.34. The minimum Gasteiger partial charge on any atom is -0.370 e. The second kappa shape index (κ2) is 5.34. The highest BCUT2D eigenvalue weighted by Gasteiger charge is 2.27. The van der Waals surface area contributed by atoms with Crippen LogP contribution in [0.3, 0.4) is 0 Å². The van der Waals surface area contributed by atoms with Crippen LogP contribution < -0.4 is 10.6 Å². The number of hydrogen-bond acceptors (Lipinski definition) is 4. The molecule has 19 heavy (non-hydrogen) atoms. The Morgan fingerprint density at radius 2 is 2.16 bits per heavy atom. The van der Waals surface area contributed by atoms with Crippen LogP contribution in [0, 0.1) is 5.95 Å². The maximum Gasteiger partial charge on any atom is 0.249 e. The summed E-state index contributed by atoms with van der Waals surface area (Å²) in [5.41, 5.74) is 0.838. The molecule has 2 rings (SSSR count). The van der Waals surface area contributed by atoms with Crippen molar-refractivity contribution in [2.75, 3.05) is 5.32 Å². The zero-order valence-corrected chi connectivity index (χ0v) is 10.9. The van der Waals surface area contributed by atoms with Crippen molar-refractivity contribution in [2.45, 2.75) is 38.6 Å². The van der Waals surface area contributed by atoms with Gasteiger partial charge in [0.2, 0.25) is 17.8 Å². The summed E-state index contributed by atoms with van der Waals surface area (Å²) in [6.07, 6.45) is 0.610. The fourth-order valence-corrected chi connectivity index (χ4v) is 1.90. The Morgan fingerprint density at radius 3 is 2.74 bits per heavy atom. The lowest BCUT2D eigenvalue weighted by atomic mass is 10.1. The number of nitrogens with zero attached hydrogens (tertiary/aromatic N) is 1. The Labute approximate surface area is 110 Å². The van der Waals surface area contributed by atoms with Gasteiger partial charge in [-0.3, -0.25) is 14.9 Å². The van der Waals surface area contributed by atoms with E-state index in [-0.39, 0.29) is 23.9 Å². The van der Waals surface area contributed by atoms with Gasteiger partial charge in [-0.2, -0.15) is 4.39 Å². The summed E-state index contributed by atoms with van der Waals surface area (Å²) in [6, 6.07) is 2.70. The van der Waals surface area contributed by atoms with Crippen LogP contribution >= 0.6 is 0 Å². The normalized spacial score (nSPS) is 19.5. The second-order valence-electron chi connectivity index (χ2n) is 4.88. The van der Waals surface area contributed by atoms with Crippen LogP contribution in [0.5, 0.6) is 0 Å². The SMILES string of the molecule is CC(C)c1ccc(NC2CCC(=O)NC2=O)c(F)n1. The van der Waals surface area contributed by atoms with Gasteiger partial charge in [0.15, 0.2) is 0 Å². The molecule has 1 unspecified atom stereocenters. The number of aromatic nitrogens is 1. The number of halogens is 1. The van der Waals surface area contributed by atoms with Gasteiger partial charge in [-0.15, -0.1) is 0 Å². The monoisotopic (exact) mass is 265 g/mol. The van der Waals surface area contributed by atoms with Gasteiger partial charge in [-0.1, -0.05) is 13.8 Å². The van der Waals surface area contributed by atoms with Crippen LogP contribution in [0.25, 0.3) is 0 Å². The molecule has 1 aromatic heterocycles. The summed E-state index contributed by atoms with van der Waals surface area (Å²) >= 11 is 0. The number of pyridine rings is 1. The first-order valence-electron chi connectivity index (χ1n) is 6.24. The standard InChI is InChI=1S/C13H16FN3O2/c1-7(2)8-3-4-9(12(14)16-8)15-10-5-6-11(18)17-13(10)19/h3-4,7,10,15H,5-6H2,1-2H3,(H,17,18,19). The molecule has 1 aliphatic heterocycles. The maximum atomic E-state index is 13.8. The molecule has 2 amide bonds. The largest absolute Gasteiger partial charge is 0.370 e. The van der Waals surface area contributed by atoms with E-state index < -0.39 is 17.9 Å². The molecular weight excluding hydrogens is 249 g/mol. The third-order valence-electron chi connectivity index (χ3n) is 3.03. The molecule has 0 aliphatic carbocycles. The van der Waals surface area contributed by atoms with Crippen LogP contribution in [0.15, 0.2) is 12.1 Å². The molecular formula is C13H16FN3O2. The molecule has 1 aromatic rings. The van der Waals surface area contributed by atoms with Gasteiger partial charge in [0.1, 0.15) is 6.04 Å². The zero-order valence-electron chi connectivity index (χ0n) is 10.9. The summed E-state index contributed by atoms with van der Waals surface area (Å²) < 4.78 is 13.8. The molecule has 102 valence electrons. The average molecular weight is 265 g/mol. The Kier molecular flexibility index (Phi) is 3.78. The van der Waals surface area contributed by atoms with Crippen molar-refractivity contribution >= 4 is 17.5 Å². The smallest absolute Gasteiger partial charge is 0.249 e. The third kappa shape index (κ3) is 3.07. The number of carbonyl (C=O) groups is 2. The number of hydrogen-bond donors (Lipinski definition) is 2. The van der Waals surface area contributed by atoms with Gasteiger partial charge in [-0.25, -0.2) is 4.98 Å². The van der Waals surface area contributed by atoms with Gasteiger partial charge in [-0.05, 0) is 24.5 Å². The molecule has 5 nitrogen and oxygen atoms in total. The topological polar surface area (TPSA) is 71.1 Å². The molecule has 0 spiro atoms. The number of piperidine rings is 1. The van der Waals surface area contributed by atoms with Crippen LogP contribution in [0.2, 0.25) is 0 Å². The quantitative estimate of drug-likeness (QED) is 0.642. The molecule has 0 radical (unpaired) electrons. The van der Waals surface area contributed by atoms with Crippen LogP contribution in [-0.2, 0) is 9.59 Å². The summed E-state index contributed by atoms with van der Waals surface area (Å²) in [7, 11) is 0. The van der Waals surface area contributed by atoms with Crippen molar-refractivity contribution in [1.82, 2.24) is 10.3 Å². The molecule has 1 aliphatic rings. The molecule has 0 bridgehead atoms. The highest BCUT2D eigenvalue weighted by Crippen LogP contribution is 2.19. The summed E-state index contributed by atoms with van der Waals surface area (Å²) in [5, 5.41) is 5.00. The first-order chi connectivity index (χ1) is 8.97. The maximum absolute atomic E-state index is 13.8.